The van der Waals surface area contributed by atoms with Gasteiger partial charge in [-0.2, -0.15) is 4.72 Å². The molecule has 1 aliphatic rings. The van der Waals surface area contributed by atoms with E-state index in [0.717, 1.165) is 16.7 Å². The van der Waals surface area contributed by atoms with Crippen molar-refractivity contribution in [2.45, 2.75) is 36.2 Å². The molecule has 0 unspecified atom stereocenters. The Kier molecular flexibility index (Phi) is 7.16. The van der Waals surface area contributed by atoms with Crippen molar-refractivity contribution in [1.29, 1.82) is 0 Å². The Morgan fingerprint density at radius 1 is 0.872 bits per heavy atom. The lowest BCUT2D eigenvalue weighted by Crippen LogP contribution is -2.56. The number of rotatable bonds is 8. The van der Waals surface area contributed by atoms with E-state index in [1.165, 1.54) is 17.0 Å². The first-order valence-electron chi connectivity index (χ1n) is 12.5. The number of hydrogen-bond acceptors (Lipinski definition) is 4. The Morgan fingerprint density at radius 3 is 2.10 bits per heavy atom. The number of anilines is 1. The number of halogens is 1. The zero-order valence-corrected chi connectivity index (χ0v) is 23.0. The number of hydrogen-bond donors (Lipinski definition) is 1. The highest BCUT2D eigenvalue weighted by Gasteiger charge is 2.58. The van der Waals surface area contributed by atoms with Crippen molar-refractivity contribution in [3.8, 4) is 0 Å². The van der Waals surface area contributed by atoms with Crippen LogP contribution in [-0.2, 0) is 26.2 Å². The lowest BCUT2D eigenvalue weighted by molar-refractivity contribution is -0.121. The molecule has 8 heteroatoms. The fourth-order valence-electron chi connectivity index (χ4n) is 4.82. The molecule has 1 heterocycles. The fraction of sp³-hybridized carbons (Fsp3) is 0.161. The molecule has 0 bridgehead atoms. The summed E-state index contributed by atoms with van der Waals surface area (Å²) < 4.78 is 29.7. The van der Waals surface area contributed by atoms with E-state index in [4.69, 9.17) is 11.6 Å². The largest absolute Gasteiger partial charge is 0.306 e. The average Bonchev–Trinajstić information content (AvgIpc) is 3.14. The number of nitrogens with one attached hydrogen (secondary N) is 1. The van der Waals surface area contributed by atoms with Crippen LogP contribution in [0.2, 0.25) is 0 Å². The molecule has 2 atom stereocenters. The lowest BCUT2D eigenvalue weighted by Gasteiger charge is -2.31. The maximum absolute atomic E-state index is 14.3. The third-order valence-electron chi connectivity index (χ3n) is 6.90. The van der Waals surface area contributed by atoms with Gasteiger partial charge in [0.15, 0.2) is 10.7 Å². The summed E-state index contributed by atoms with van der Waals surface area (Å²) in [4.78, 5) is 27.7. The Balaban J connectivity index is 1.66. The van der Waals surface area contributed by atoms with Crippen LogP contribution >= 0.6 is 11.6 Å². The van der Waals surface area contributed by atoms with E-state index < -0.39 is 32.6 Å². The molecule has 0 fully saturated rings. The van der Waals surface area contributed by atoms with Crippen LogP contribution in [-0.4, -0.2) is 26.2 Å². The average molecular weight is 559 g/mol. The molecule has 5 rings (SSSR count). The summed E-state index contributed by atoms with van der Waals surface area (Å²) in [5, 5.41) is 0. The molecular formula is C31H27ClN2O4S. The minimum Gasteiger partial charge on any atom is -0.306 e. The molecule has 0 aliphatic carbocycles. The molecule has 0 spiro atoms. The third kappa shape index (κ3) is 5.01. The molecule has 1 N–H and O–H groups in total. The minimum atomic E-state index is -4.24. The van der Waals surface area contributed by atoms with Crippen molar-refractivity contribution in [3.63, 3.8) is 0 Å². The molecule has 0 saturated carbocycles. The van der Waals surface area contributed by atoms with Crippen LogP contribution in [0.25, 0.3) is 0 Å². The molecule has 1 aliphatic heterocycles. The predicted octanol–water partition coefficient (Wildman–Crippen LogP) is 5.51. The second-order valence-corrected chi connectivity index (χ2v) is 12.0. The number of carbonyl (C=O) groups is 2. The highest BCUT2D eigenvalue weighted by Crippen LogP contribution is 2.49. The minimum absolute atomic E-state index is 0.0321. The van der Waals surface area contributed by atoms with Gasteiger partial charge in [-0.3, -0.25) is 9.59 Å². The molecule has 4 aromatic carbocycles. The summed E-state index contributed by atoms with van der Waals surface area (Å²) in [7, 11) is -4.24. The quantitative estimate of drug-likeness (QED) is 0.228. The maximum atomic E-state index is 14.3. The standard InChI is InChI=1S/C31H27ClN2O4S/c1-21-13-16-25(17-14-21)39(37,38)33-29(28(35)24-11-7-4-8-12-24)31(32)26-19-22(2)15-18-27(26)34(30(31)36)20-23-9-5-3-6-10-23/h3-19,29,33H,20H2,1-2H3/t29-,31-/m1/s1. The fourth-order valence-corrected chi connectivity index (χ4v) is 6.52. The smallest absolute Gasteiger partial charge is 0.255 e. The van der Waals surface area contributed by atoms with Gasteiger partial charge in [0.1, 0.15) is 6.04 Å². The monoisotopic (exact) mass is 558 g/mol. The maximum Gasteiger partial charge on any atom is 0.255 e. The van der Waals surface area contributed by atoms with Gasteiger partial charge in [0.2, 0.25) is 10.0 Å². The zero-order valence-electron chi connectivity index (χ0n) is 21.5. The van der Waals surface area contributed by atoms with E-state index in [2.05, 4.69) is 4.72 Å². The van der Waals surface area contributed by atoms with Crippen molar-refractivity contribution >= 4 is 39.0 Å². The van der Waals surface area contributed by atoms with Crippen molar-refractivity contribution in [2.75, 3.05) is 4.90 Å². The first-order valence-corrected chi connectivity index (χ1v) is 14.3. The van der Waals surface area contributed by atoms with E-state index in [9.17, 15) is 18.0 Å². The number of sulfonamides is 1. The number of aryl methyl sites for hydroxylation is 2. The Labute approximate surface area is 233 Å². The van der Waals surface area contributed by atoms with Gasteiger partial charge in [-0.15, -0.1) is 11.6 Å². The second-order valence-electron chi connectivity index (χ2n) is 9.71. The molecule has 4 aromatic rings. The summed E-state index contributed by atoms with van der Waals surface area (Å²) in [6, 6.07) is 27.7. The number of nitrogens with zero attached hydrogens (tertiary/aromatic N) is 1. The number of carbonyl (C=O) groups excluding carboxylic acids is 2. The summed E-state index contributed by atoms with van der Waals surface area (Å²) >= 11 is 7.28. The van der Waals surface area contributed by atoms with Crippen LogP contribution in [0.3, 0.4) is 0 Å². The number of ketones is 1. The SMILES string of the molecule is Cc1ccc(S(=O)(=O)N[C@H](C(=O)c2ccccc2)[C@@]2(Cl)C(=O)N(Cc3ccccc3)c3ccc(C)cc32)cc1. The van der Waals surface area contributed by atoms with Gasteiger partial charge in [-0.05, 0) is 37.6 Å². The molecule has 1 amide bonds. The first kappa shape index (κ1) is 26.8. The number of Topliss-reactive ketones (excluding diaryl/α,β-unsaturated/α-hetero) is 1. The highest BCUT2D eigenvalue weighted by molar-refractivity contribution is 7.89. The van der Waals surface area contributed by atoms with E-state index >= 15 is 0 Å². The Morgan fingerprint density at radius 2 is 1.46 bits per heavy atom. The van der Waals surface area contributed by atoms with Gasteiger partial charge in [-0.25, -0.2) is 8.42 Å². The zero-order chi connectivity index (χ0) is 27.8. The number of amides is 1. The summed E-state index contributed by atoms with van der Waals surface area (Å²) in [6.07, 6.45) is 0. The molecule has 0 saturated heterocycles. The number of alkyl halides is 1. The highest BCUT2D eigenvalue weighted by atomic mass is 35.5. The molecule has 0 aromatic heterocycles. The first-order chi connectivity index (χ1) is 18.6. The van der Waals surface area contributed by atoms with Crippen LogP contribution in [0, 0.1) is 13.8 Å². The Hall–Kier alpha value is -3.78. The molecule has 39 heavy (non-hydrogen) atoms. The van der Waals surface area contributed by atoms with Gasteiger partial charge in [0.05, 0.1) is 11.4 Å². The summed E-state index contributed by atoms with van der Waals surface area (Å²) in [5.41, 5.74) is 3.71. The van der Waals surface area contributed by atoms with Crippen molar-refractivity contribution < 1.29 is 18.0 Å². The molecule has 0 radical (unpaired) electrons. The van der Waals surface area contributed by atoms with Gasteiger partial charge >= 0.3 is 0 Å². The van der Waals surface area contributed by atoms with Crippen LogP contribution in [0.5, 0.6) is 0 Å². The molecular weight excluding hydrogens is 532 g/mol. The lowest BCUT2D eigenvalue weighted by atomic mass is 9.86. The van der Waals surface area contributed by atoms with E-state index in [-0.39, 0.29) is 17.0 Å². The van der Waals surface area contributed by atoms with Crippen LogP contribution in [0.1, 0.15) is 32.6 Å². The van der Waals surface area contributed by atoms with Gasteiger partial charge < -0.3 is 4.90 Å². The van der Waals surface area contributed by atoms with Gasteiger partial charge in [0, 0.05) is 16.8 Å². The number of fused-ring (bicyclic) bond motifs is 1. The predicted molar refractivity (Wildman–Crippen MR) is 152 cm³/mol. The van der Waals surface area contributed by atoms with Gasteiger partial charge in [-0.1, -0.05) is 96.1 Å². The topological polar surface area (TPSA) is 83.5 Å². The second kappa shape index (κ2) is 10.4. The normalized spacial score (nSPS) is 17.6. The van der Waals surface area contributed by atoms with Crippen molar-refractivity contribution in [2.24, 2.45) is 0 Å². The Bertz CT molecular complexity index is 1640. The van der Waals surface area contributed by atoms with E-state index in [1.54, 1.807) is 54.6 Å². The molecule has 198 valence electrons. The summed E-state index contributed by atoms with van der Waals surface area (Å²) in [6.45, 7) is 3.91. The van der Waals surface area contributed by atoms with E-state index in [0.29, 0.717) is 11.3 Å². The van der Waals surface area contributed by atoms with E-state index in [1.807, 2.05) is 50.2 Å². The molecule has 6 nitrogen and oxygen atoms in total. The van der Waals surface area contributed by atoms with Crippen LogP contribution in [0.15, 0.2) is 108 Å². The summed E-state index contributed by atoms with van der Waals surface area (Å²) in [5.74, 6) is -1.18. The number of benzene rings is 4. The van der Waals surface area contributed by atoms with Crippen molar-refractivity contribution in [3.05, 3.63) is 131 Å². The van der Waals surface area contributed by atoms with Crippen LogP contribution < -0.4 is 9.62 Å². The van der Waals surface area contributed by atoms with Gasteiger partial charge in [0.25, 0.3) is 5.91 Å². The van der Waals surface area contributed by atoms with Crippen LogP contribution in [0.4, 0.5) is 5.69 Å². The van der Waals surface area contributed by atoms with Crippen molar-refractivity contribution in [1.82, 2.24) is 4.72 Å². The third-order valence-corrected chi connectivity index (χ3v) is 8.92.